The Morgan fingerprint density at radius 1 is 0.673 bits per heavy atom. The van der Waals surface area contributed by atoms with Crippen LogP contribution in [0.5, 0.6) is 0 Å². The fourth-order valence-electron chi connectivity index (χ4n) is 13.2. The van der Waals surface area contributed by atoms with Crippen LogP contribution in [0.3, 0.4) is 0 Å². The molecule has 0 aromatic carbocycles. The Morgan fingerprint density at radius 2 is 1.37 bits per heavy atom. The van der Waals surface area contributed by atoms with Crippen LogP contribution in [0.1, 0.15) is 91.9 Å². The maximum absolute atomic E-state index is 11.2. The minimum atomic E-state index is -1.71. The molecule has 13 heteroatoms. The van der Waals surface area contributed by atoms with Crippen LogP contribution in [0.15, 0.2) is 0 Å². The van der Waals surface area contributed by atoms with Gasteiger partial charge >= 0.3 is 0 Å². The van der Waals surface area contributed by atoms with Gasteiger partial charge in [0.25, 0.3) is 0 Å². The summed E-state index contributed by atoms with van der Waals surface area (Å²) in [6.07, 6.45) is -3.66. The van der Waals surface area contributed by atoms with E-state index in [9.17, 15) is 35.7 Å². The van der Waals surface area contributed by atoms with Crippen molar-refractivity contribution in [3.63, 3.8) is 0 Å². The topological polar surface area (TPSA) is 197 Å². The van der Waals surface area contributed by atoms with Crippen LogP contribution >= 0.6 is 0 Å². The maximum Gasteiger partial charge on any atom is 0.187 e. The molecule has 0 radical (unpaired) electrons. The molecule has 8 rings (SSSR count). The van der Waals surface area contributed by atoms with Crippen LogP contribution < -0.4 is 0 Å². The van der Waals surface area contributed by atoms with Gasteiger partial charge in [0.1, 0.15) is 48.8 Å². The van der Waals surface area contributed by atoms with E-state index in [1.165, 1.54) is 25.7 Å². The van der Waals surface area contributed by atoms with Gasteiger partial charge in [-0.1, -0.05) is 27.7 Å². The average Bonchev–Trinajstić information content (AvgIpc) is 3.58. The highest BCUT2D eigenvalue weighted by molar-refractivity contribution is 5.15. The van der Waals surface area contributed by atoms with Crippen molar-refractivity contribution in [2.45, 2.75) is 171 Å². The molecular formula is C39H64O13. The Hall–Kier alpha value is -0.520. The summed E-state index contributed by atoms with van der Waals surface area (Å²) >= 11 is 0. The van der Waals surface area contributed by atoms with E-state index in [-0.39, 0.29) is 23.0 Å². The molecule has 7 N–H and O–H groups in total. The summed E-state index contributed by atoms with van der Waals surface area (Å²) in [5.41, 5.74) is 0.468. The Labute approximate surface area is 307 Å². The van der Waals surface area contributed by atoms with Crippen LogP contribution in [0, 0.1) is 52.3 Å². The van der Waals surface area contributed by atoms with Crippen LogP contribution in [0.25, 0.3) is 0 Å². The fourth-order valence-corrected chi connectivity index (χ4v) is 13.2. The number of aliphatic hydroxyl groups excluding tert-OH is 7. The van der Waals surface area contributed by atoms with E-state index in [0.717, 1.165) is 45.1 Å². The van der Waals surface area contributed by atoms with E-state index in [0.29, 0.717) is 41.4 Å². The molecule has 22 atom stereocenters. The number of ether oxygens (including phenoxy) is 6. The predicted octanol–water partition coefficient (Wildman–Crippen LogP) is 1.44. The first-order valence-corrected chi connectivity index (χ1v) is 20.3. The van der Waals surface area contributed by atoms with Crippen LogP contribution in [-0.2, 0) is 28.4 Å². The first kappa shape index (κ1) is 38.4. The number of fused-ring (bicyclic) bond motifs is 7. The van der Waals surface area contributed by atoms with Crippen molar-refractivity contribution in [3.8, 4) is 0 Å². The Morgan fingerprint density at radius 3 is 2.08 bits per heavy atom. The van der Waals surface area contributed by atoms with Crippen molar-refractivity contribution in [1.29, 1.82) is 0 Å². The smallest absolute Gasteiger partial charge is 0.187 e. The molecule has 8 fully saturated rings. The highest BCUT2D eigenvalue weighted by Crippen LogP contribution is 2.71. The molecule has 4 aliphatic carbocycles. The molecule has 0 unspecified atom stereocenters. The van der Waals surface area contributed by atoms with Gasteiger partial charge in [-0.05, 0) is 104 Å². The SMILES string of the molecule is C[C@@H]1CC[C@@]2(OC1)O[C@H]1C[C@@H]3[C@@H]4CC[C@H]5C[C@H](O[C@@H]6O[C@H](CO)[C@H](O[C@@H]7O[C@H](CO)[C@@H](O)[C@H](O)[C@H]7O)[C@H](O)[C@H]6O)CC[C@]5(C)[C@H]4CC[C@]3(C)[C@H]1[C@@H]2C. The summed E-state index contributed by atoms with van der Waals surface area (Å²) in [6, 6.07) is 0. The van der Waals surface area contributed by atoms with E-state index in [4.69, 9.17) is 28.4 Å². The number of aliphatic hydroxyl groups is 7. The second-order valence-electron chi connectivity index (χ2n) is 18.7. The van der Waals surface area contributed by atoms with Gasteiger partial charge in [-0.25, -0.2) is 0 Å². The molecule has 298 valence electrons. The number of rotatable bonds is 6. The molecule has 52 heavy (non-hydrogen) atoms. The van der Waals surface area contributed by atoms with Crippen molar-refractivity contribution in [2.75, 3.05) is 19.8 Å². The van der Waals surface area contributed by atoms with Crippen LogP contribution in [0.2, 0.25) is 0 Å². The lowest BCUT2D eigenvalue weighted by atomic mass is 9.44. The Kier molecular flexibility index (Phi) is 10.4. The van der Waals surface area contributed by atoms with Gasteiger partial charge in [0.15, 0.2) is 18.4 Å². The lowest BCUT2D eigenvalue weighted by Crippen LogP contribution is -2.65. The van der Waals surface area contributed by atoms with Crippen LogP contribution in [-0.4, -0.2) is 135 Å². The van der Waals surface area contributed by atoms with E-state index in [1.807, 2.05) is 0 Å². The summed E-state index contributed by atoms with van der Waals surface area (Å²) < 4.78 is 37.0. The molecular weight excluding hydrogens is 676 g/mol. The third kappa shape index (κ3) is 5.98. The Bertz CT molecular complexity index is 1260. The summed E-state index contributed by atoms with van der Waals surface area (Å²) in [5, 5.41) is 72.8. The monoisotopic (exact) mass is 740 g/mol. The average molecular weight is 741 g/mol. The highest BCUT2D eigenvalue weighted by Gasteiger charge is 2.69. The first-order chi connectivity index (χ1) is 24.7. The lowest BCUT2D eigenvalue weighted by molar-refractivity contribution is -0.364. The molecule has 4 saturated carbocycles. The highest BCUT2D eigenvalue weighted by atomic mass is 16.7. The van der Waals surface area contributed by atoms with E-state index in [2.05, 4.69) is 27.7 Å². The van der Waals surface area contributed by atoms with Gasteiger partial charge in [-0.15, -0.1) is 0 Å². The van der Waals surface area contributed by atoms with E-state index in [1.54, 1.807) is 0 Å². The van der Waals surface area contributed by atoms with Crippen LogP contribution in [0.4, 0.5) is 0 Å². The van der Waals surface area contributed by atoms with Gasteiger partial charge in [0.05, 0.1) is 32.0 Å². The second kappa shape index (κ2) is 14.1. The van der Waals surface area contributed by atoms with Crippen molar-refractivity contribution >= 4 is 0 Å². The summed E-state index contributed by atoms with van der Waals surface area (Å²) in [7, 11) is 0. The first-order valence-electron chi connectivity index (χ1n) is 20.3. The maximum atomic E-state index is 11.2. The summed E-state index contributed by atoms with van der Waals surface area (Å²) in [5.74, 6) is 3.63. The molecule has 13 nitrogen and oxygen atoms in total. The van der Waals surface area contributed by atoms with Gasteiger partial charge in [-0.2, -0.15) is 0 Å². The molecule has 0 amide bonds. The second-order valence-corrected chi connectivity index (χ2v) is 18.7. The fraction of sp³-hybridized carbons (Fsp3) is 1.00. The number of hydrogen-bond acceptors (Lipinski definition) is 13. The van der Waals surface area contributed by atoms with E-state index >= 15 is 0 Å². The molecule has 4 aliphatic heterocycles. The van der Waals surface area contributed by atoms with Gasteiger partial charge in [0, 0.05) is 12.3 Å². The summed E-state index contributed by atoms with van der Waals surface area (Å²) in [6.45, 7) is 9.33. The quantitative estimate of drug-likeness (QED) is 0.194. The van der Waals surface area contributed by atoms with Gasteiger partial charge < -0.3 is 64.2 Å². The minimum absolute atomic E-state index is 0.188. The molecule has 4 saturated heterocycles. The zero-order valence-corrected chi connectivity index (χ0v) is 31.2. The van der Waals surface area contributed by atoms with E-state index < -0.39 is 80.4 Å². The molecule has 4 heterocycles. The third-order valence-corrected chi connectivity index (χ3v) is 16.2. The molecule has 0 bridgehead atoms. The standard InChI is InChI=1S/C39H64O13/c1-18-7-12-39(47-17-18)19(2)28-25(52-39)14-24-22-6-5-20-13-21(8-10-37(20,3)23(22)9-11-38(24,28)4)48-35-33(46)31(44)34(27(16-41)50-35)51-36-32(45)30(43)29(42)26(15-40)49-36/h18-36,40-46H,5-17H2,1-4H3/t18-,19+,20+,21-,22-,23+,24-,25+,26-,27-,28+,29-,30+,31-,32-,33-,34+,35-,36+,37+,38+,39-/m1/s1. The summed E-state index contributed by atoms with van der Waals surface area (Å²) in [4.78, 5) is 0. The molecule has 0 aromatic heterocycles. The number of hydrogen-bond donors (Lipinski definition) is 7. The zero-order chi connectivity index (χ0) is 36.9. The van der Waals surface area contributed by atoms with Crippen molar-refractivity contribution in [3.05, 3.63) is 0 Å². The third-order valence-electron chi connectivity index (χ3n) is 16.2. The lowest BCUT2D eigenvalue weighted by Gasteiger charge is -2.61. The Balaban J connectivity index is 0.892. The van der Waals surface area contributed by atoms with Crippen molar-refractivity contribution in [1.82, 2.24) is 0 Å². The van der Waals surface area contributed by atoms with Gasteiger partial charge in [-0.3, -0.25) is 0 Å². The zero-order valence-electron chi connectivity index (χ0n) is 31.2. The van der Waals surface area contributed by atoms with Crippen molar-refractivity contribution < 1.29 is 64.2 Å². The molecule has 1 spiro atoms. The normalized spacial score (nSPS) is 59.0. The largest absolute Gasteiger partial charge is 0.394 e. The minimum Gasteiger partial charge on any atom is -0.394 e. The predicted molar refractivity (Wildman–Crippen MR) is 183 cm³/mol. The van der Waals surface area contributed by atoms with Crippen molar-refractivity contribution in [2.24, 2.45) is 52.3 Å². The van der Waals surface area contributed by atoms with Gasteiger partial charge in [0.2, 0.25) is 0 Å². The molecule has 8 aliphatic rings. The molecule has 0 aromatic rings.